The molecule has 6 heteroatoms. The second-order valence-corrected chi connectivity index (χ2v) is 5.55. The van der Waals surface area contributed by atoms with E-state index in [1.54, 1.807) is 30.6 Å². The van der Waals surface area contributed by atoms with E-state index in [2.05, 4.69) is 15.3 Å². The van der Waals surface area contributed by atoms with E-state index < -0.39 is 0 Å². The van der Waals surface area contributed by atoms with Crippen molar-refractivity contribution >= 4 is 23.2 Å². The molecule has 1 N–H and O–H groups in total. The van der Waals surface area contributed by atoms with Crippen molar-refractivity contribution in [2.75, 3.05) is 0 Å². The smallest absolute Gasteiger partial charge is 0.321 e. The van der Waals surface area contributed by atoms with Crippen LogP contribution in [0.15, 0.2) is 30.6 Å². The van der Waals surface area contributed by atoms with E-state index in [0.29, 0.717) is 21.8 Å². The van der Waals surface area contributed by atoms with Crippen molar-refractivity contribution in [3.63, 3.8) is 0 Å². The summed E-state index contributed by atoms with van der Waals surface area (Å²) in [6, 6.07) is 5.92. The molecule has 2 aromatic rings. The molecule has 20 heavy (non-hydrogen) atoms. The van der Waals surface area contributed by atoms with Gasteiger partial charge in [-0.15, -0.1) is 0 Å². The number of halogens is 2. The maximum absolute atomic E-state index is 6.02. The van der Waals surface area contributed by atoms with Crippen LogP contribution in [0.2, 0.25) is 10.0 Å². The van der Waals surface area contributed by atoms with Crippen molar-refractivity contribution in [2.45, 2.75) is 25.4 Å². The lowest BCUT2D eigenvalue weighted by atomic mass is 10.3. The van der Waals surface area contributed by atoms with Gasteiger partial charge >= 0.3 is 6.01 Å². The highest BCUT2D eigenvalue weighted by Crippen LogP contribution is 2.30. The van der Waals surface area contributed by atoms with E-state index in [-0.39, 0.29) is 6.01 Å². The van der Waals surface area contributed by atoms with Gasteiger partial charge in [-0.3, -0.25) is 0 Å². The molecule has 0 unspecified atom stereocenters. The predicted octanol–water partition coefficient (Wildman–Crippen LogP) is 3.83. The molecule has 0 aliphatic heterocycles. The number of aromatic nitrogens is 2. The largest absolute Gasteiger partial charge is 0.423 e. The van der Waals surface area contributed by atoms with Gasteiger partial charge in [-0.1, -0.05) is 23.2 Å². The molecule has 1 heterocycles. The van der Waals surface area contributed by atoms with Gasteiger partial charge in [0.1, 0.15) is 0 Å². The van der Waals surface area contributed by atoms with Crippen LogP contribution in [0.5, 0.6) is 11.8 Å². The first-order valence-electron chi connectivity index (χ1n) is 6.38. The number of hydrogen-bond acceptors (Lipinski definition) is 4. The zero-order valence-electron chi connectivity index (χ0n) is 10.6. The summed E-state index contributed by atoms with van der Waals surface area (Å²) in [5.74, 6) is 0.447. The number of rotatable bonds is 5. The average Bonchev–Trinajstić information content (AvgIpc) is 3.26. The van der Waals surface area contributed by atoms with Crippen LogP contribution in [-0.2, 0) is 6.54 Å². The highest BCUT2D eigenvalue weighted by atomic mass is 35.5. The van der Waals surface area contributed by atoms with Gasteiger partial charge in [0, 0.05) is 41.6 Å². The molecule has 1 saturated carbocycles. The standard InChI is InChI=1S/C14H13Cl2N3O/c15-10-1-4-12(16)13(5-10)20-14-18-7-9(8-19-14)6-17-11-2-3-11/h1,4-5,7-8,11,17H,2-3,6H2. The van der Waals surface area contributed by atoms with Crippen molar-refractivity contribution in [1.82, 2.24) is 15.3 Å². The third-order valence-corrected chi connectivity index (χ3v) is 3.50. The van der Waals surface area contributed by atoms with Gasteiger partial charge in [-0.25, -0.2) is 9.97 Å². The van der Waals surface area contributed by atoms with Crippen LogP contribution in [0.25, 0.3) is 0 Å². The fourth-order valence-electron chi connectivity index (χ4n) is 1.69. The quantitative estimate of drug-likeness (QED) is 0.912. The van der Waals surface area contributed by atoms with Crippen LogP contribution in [0.3, 0.4) is 0 Å². The third kappa shape index (κ3) is 3.60. The summed E-state index contributed by atoms with van der Waals surface area (Å²) in [5.41, 5.74) is 1.03. The second kappa shape index (κ2) is 5.95. The highest BCUT2D eigenvalue weighted by molar-refractivity contribution is 6.34. The van der Waals surface area contributed by atoms with Crippen LogP contribution in [0, 0.1) is 0 Å². The van der Waals surface area contributed by atoms with Gasteiger partial charge in [-0.05, 0) is 25.0 Å². The van der Waals surface area contributed by atoms with Crippen molar-refractivity contribution < 1.29 is 4.74 Å². The van der Waals surface area contributed by atoms with Gasteiger partial charge in [0.25, 0.3) is 0 Å². The molecule has 0 amide bonds. The number of ether oxygens (including phenoxy) is 1. The van der Waals surface area contributed by atoms with E-state index in [4.69, 9.17) is 27.9 Å². The topological polar surface area (TPSA) is 47.0 Å². The molecule has 3 rings (SSSR count). The summed E-state index contributed by atoms with van der Waals surface area (Å²) < 4.78 is 5.52. The number of nitrogens with one attached hydrogen (secondary N) is 1. The van der Waals surface area contributed by atoms with Crippen molar-refractivity contribution in [1.29, 1.82) is 0 Å². The summed E-state index contributed by atoms with van der Waals surface area (Å²) in [4.78, 5) is 8.34. The Labute approximate surface area is 127 Å². The Morgan fingerprint density at radius 3 is 2.65 bits per heavy atom. The Morgan fingerprint density at radius 1 is 1.20 bits per heavy atom. The first-order valence-corrected chi connectivity index (χ1v) is 7.13. The summed E-state index contributed by atoms with van der Waals surface area (Å²) in [7, 11) is 0. The number of hydrogen-bond donors (Lipinski definition) is 1. The van der Waals surface area contributed by atoms with E-state index >= 15 is 0 Å². The van der Waals surface area contributed by atoms with Crippen LogP contribution < -0.4 is 10.1 Å². The van der Waals surface area contributed by atoms with Gasteiger partial charge < -0.3 is 10.1 Å². The Hall–Kier alpha value is -1.36. The minimum Gasteiger partial charge on any atom is -0.423 e. The van der Waals surface area contributed by atoms with E-state index in [1.165, 1.54) is 12.8 Å². The SMILES string of the molecule is Clc1ccc(Cl)c(Oc2ncc(CNC3CC3)cn2)c1. The summed E-state index contributed by atoms with van der Waals surface area (Å²) in [5, 5.41) is 4.42. The molecular formula is C14H13Cl2N3O. The van der Waals surface area contributed by atoms with Crippen LogP contribution in [-0.4, -0.2) is 16.0 Å². The molecule has 104 valence electrons. The molecular weight excluding hydrogens is 297 g/mol. The van der Waals surface area contributed by atoms with Gasteiger partial charge in [0.2, 0.25) is 0 Å². The first kappa shape index (κ1) is 13.6. The van der Waals surface area contributed by atoms with E-state index in [1.807, 2.05) is 0 Å². The maximum atomic E-state index is 6.02. The number of benzene rings is 1. The lowest BCUT2D eigenvalue weighted by Gasteiger charge is -2.07. The summed E-state index contributed by atoms with van der Waals surface area (Å²) >= 11 is 11.9. The minimum atomic E-state index is 0.254. The van der Waals surface area contributed by atoms with Crippen molar-refractivity contribution in [3.8, 4) is 11.8 Å². The van der Waals surface area contributed by atoms with Crippen LogP contribution >= 0.6 is 23.2 Å². The molecule has 0 bridgehead atoms. The van der Waals surface area contributed by atoms with Crippen molar-refractivity contribution in [2.24, 2.45) is 0 Å². The van der Waals surface area contributed by atoms with Gasteiger partial charge in [-0.2, -0.15) is 0 Å². The fraction of sp³-hybridized carbons (Fsp3) is 0.286. The summed E-state index contributed by atoms with van der Waals surface area (Å²) in [6.07, 6.45) is 6.01. The predicted molar refractivity (Wildman–Crippen MR) is 78.4 cm³/mol. The lowest BCUT2D eigenvalue weighted by molar-refractivity contribution is 0.441. The molecule has 1 aromatic carbocycles. The maximum Gasteiger partial charge on any atom is 0.321 e. The molecule has 0 spiro atoms. The summed E-state index contributed by atoms with van der Waals surface area (Å²) in [6.45, 7) is 0.781. The van der Waals surface area contributed by atoms with Crippen LogP contribution in [0.1, 0.15) is 18.4 Å². The number of nitrogens with zero attached hydrogens (tertiary/aromatic N) is 2. The minimum absolute atomic E-state index is 0.254. The van der Waals surface area contributed by atoms with Crippen LogP contribution in [0.4, 0.5) is 0 Å². The average molecular weight is 310 g/mol. The molecule has 0 atom stereocenters. The third-order valence-electron chi connectivity index (χ3n) is 2.95. The molecule has 1 aromatic heterocycles. The highest BCUT2D eigenvalue weighted by Gasteiger charge is 2.20. The molecule has 1 fully saturated rings. The Bertz CT molecular complexity index is 600. The lowest BCUT2D eigenvalue weighted by Crippen LogP contribution is -2.15. The second-order valence-electron chi connectivity index (χ2n) is 4.71. The molecule has 0 radical (unpaired) electrons. The Morgan fingerprint density at radius 2 is 1.95 bits per heavy atom. The van der Waals surface area contributed by atoms with Gasteiger partial charge in [0.15, 0.2) is 5.75 Å². The Balaban J connectivity index is 1.66. The Kier molecular flexibility index (Phi) is 4.05. The molecule has 0 saturated heterocycles. The zero-order valence-corrected chi connectivity index (χ0v) is 12.2. The van der Waals surface area contributed by atoms with Crippen molar-refractivity contribution in [3.05, 3.63) is 46.2 Å². The zero-order chi connectivity index (χ0) is 13.9. The first-order chi connectivity index (χ1) is 9.70. The normalized spacial score (nSPS) is 14.3. The monoisotopic (exact) mass is 309 g/mol. The van der Waals surface area contributed by atoms with E-state index in [9.17, 15) is 0 Å². The molecule has 4 nitrogen and oxygen atoms in total. The van der Waals surface area contributed by atoms with E-state index in [0.717, 1.165) is 12.1 Å². The van der Waals surface area contributed by atoms with Gasteiger partial charge in [0.05, 0.1) is 5.02 Å². The fourth-order valence-corrected chi connectivity index (χ4v) is 2.01. The molecule has 1 aliphatic carbocycles. The molecule has 1 aliphatic rings.